The molecular weight excluding hydrogens is 261 g/mol. The molecule has 0 bridgehead atoms. The van der Waals surface area contributed by atoms with Gasteiger partial charge in [-0.05, 0) is 0 Å². The van der Waals surface area contributed by atoms with E-state index < -0.39 is 42.5 Å². The Hall–Kier alpha value is -1.48. The first-order valence-electron chi connectivity index (χ1n) is 5.57. The summed E-state index contributed by atoms with van der Waals surface area (Å²) in [5.74, 6) is -1.03. The number of rotatable bonds is 3. The molecule has 1 aliphatic rings. The lowest BCUT2D eigenvalue weighted by Gasteiger charge is -2.18. The number of ether oxygens (including phenoxy) is 2. The molecule has 0 aliphatic carbocycles. The number of pyridine rings is 1. The monoisotopic (exact) mass is 275 g/mol. The van der Waals surface area contributed by atoms with E-state index in [1.54, 1.807) is 0 Å². The molecule has 0 unspecified atom stereocenters. The average Bonchev–Trinajstić information content (AvgIpc) is 2.68. The molecule has 0 saturated carbocycles. The molecular formula is C11H14FNO6. The van der Waals surface area contributed by atoms with Gasteiger partial charge in [-0.3, -0.25) is 9.36 Å². The molecule has 1 fully saturated rings. The molecule has 1 aromatic rings. The number of hydrogen-bond acceptors (Lipinski definition) is 6. The SMILES string of the molecule is COc1cc(=O)n([C@@H]2O[C@H](CO)[C@@H](O)[C@H]2O)cc1F. The van der Waals surface area contributed by atoms with Gasteiger partial charge in [0.1, 0.15) is 18.3 Å². The van der Waals surface area contributed by atoms with Gasteiger partial charge in [-0.25, -0.2) is 4.39 Å². The van der Waals surface area contributed by atoms with Crippen LogP contribution >= 0.6 is 0 Å². The van der Waals surface area contributed by atoms with Gasteiger partial charge in [0.2, 0.25) is 0 Å². The van der Waals surface area contributed by atoms with Crippen molar-refractivity contribution in [2.24, 2.45) is 0 Å². The van der Waals surface area contributed by atoms with Gasteiger partial charge >= 0.3 is 0 Å². The number of nitrogens with zero attached hydrogens (tertiary/aromatic N) is 1. The van der Waals surface area contributed by atoms with E-state index in [0.29, 0.717) is 0 Å². The Morgan fingerprint density at radius 1 is 1.47 bits per heavy atom. The third kappa shape index (κ3) is 2.35. The van der Waals surface area contributed by atoms with Gasteiger partial charge in [0.25, 0.3) is 5.56 Å². The van der Waals surface area contributed by atoms with Crippen LogP contribution in [0.2, 0.25) is 0 Å². The van der Waals surface area contributed by atoms with Crippen LogP contribution in [0.25, 0.3) is 0 Å². The van der Waals surface area contributed by atoms with Gasteiger partial charge in [0.05, 0.1) is 13.7 Å². The smallest absolute Gasteiger partial charge is 0.256 e. The Balaban J connectivity index is 2.38. The molecule has 3 N–H and O–H groups in total. The van der Waals surface area contributed by atoms with E-state index in [1.165, 1.54) is 7.11 Å². The molecule has 4 atom stereocenters. The Morgan fingerprint density at radius 3 is 2.68 bits per heavy atom. The van der Waals surface area contributed by atoms with Crippen LogP contribution in [0.15, 0.2) is 17.1 Å². The van der Waals surface area contributed by atoms with E-state index in [4.69, 9.17) is 9.84 Å². The minimum atomic E-state index is -1.44. The van der Waals surface area contributed by atoms with E-state index >= 15 is 0 Å². The minimum Gasteiger partial charge on any atom is -0.493 e. The summed E-state index contributed by atoms with van der Waals surface area (Å²) in [6.07, 6.45) is -4.27. The predicted octanol–water partition coefficient (Wildman–Crippen LogP) is -1.39. The van der Waals surface area contributed by atoms with Gasteiger partial charge in [-0.1, -0.05) is 0 Å². The fourth-order valence-corrected chi connectivity index (χ4v) is 1.97. The van der Waals surface area contributed by atoms with Crippen molar-refractivity contribution in [3.63, 3.8) is 0 Å². The molecule has 1 aliphatic heterocycles. The first-order valence-corrected chi connectivity index (χ1v) is 5.57. The zero-order chi connectivity index (χ0) is 14.2. The predicted molar refractivity (Wildman–Crippen MR) is 60.2 cm³/mol. The van der Waals surface area contributed by atoms with Crippen molar-refractivity contribution in [2.75, 3.05) is 13.7 Å². The molecule has 1 aromatic heterocycles. The second-order valence-electron chi connectivity index (χ2n) is 4.16. The van der Waals surface area contributed by atoms with Crippen LogP contribution in [0.1, 0.15) is 6.23 Å². The van der Waals surface area contributed by atoms with Crippen molar-refractivity contribution in [1.82, 2.24) is 4.57 Å². The van der Waals surface area contributed by atoms with Crippen LogP contribution in [0.4, 0.5) is 4.39 Å². The number of halogens is 1. The van der Waals surface area contributed by atoms with Crippen LogP contribution in [0.5, 0.6) is 5.75 Å². The highest BCUT2D eigenvalue weighted by molar-refractivity contribution is 5.21. The molecule has 0 aromatic carbocycles. The van der Waals surface area contributed by atoms with Gasteiger partial charge in [0, 0.05) is 12.3 Å². The van der Waals surface area contributed by atoms with Crippen molar-refractivity contribution in [3.05, 3.63) is 28.4 Å². The quantitative estimate of drug-likeness (QED) is 0.627. The Morgan fingerprint density at radius 2 is 2.16 bits per heavy atom. The van der Waals surface area contributed by atoms with Crippen molar-refractivity contribution < 1.29 is 29.2 Å². The molecule has 1 saturated heterocycles. The highest BCUT2D eigenvalue weighted by Crippen LogP contribution is 2.28. The maximum absolute atomic E-state index is 13.6. The Bertz CT molecular complexity index is 518. The third-order valence-corrected chi connectivity index (χ3v) is 3.01. The maximum Gasteiger partial charge on any atom is 0.256 e. The molecule has 19 heavy (non-hydrogen) atoms. The van der Waals surface area contributed by atoms with Gasteiger partial charge in [-0.15, -0.1) is 0 Å². The Kier molecular flexibility index (Phi) is 3.85. The van der Waals surface area contributed by atoms with E-state index in [-0.39, 0.29) is 5.75 Å². The van der Waals surface area contributed by atoms with Crippen LogP contribution in [-0.4, -0.2) is 51.9 Å². The van der Waals surface area contributed by atoms with Crippen LogP contribution < -0.4 is 10.3 Å². The molecule has 2 heterocycles. The first-order chi connectivity index (χ1) is 8.99. The highest BCUT2D eigenvalue weighted by atomic mass is 19.1. The molecule has 7 nitrogen and oxygen atoms in total. The van der Waals surface area contributed by atoms with Crippen molar-refractivity contribution in [2.45, 2.75) is 24.5 Å². The first kappa shape index (κ1) is 13.9. The lowest BCUT2D eigenvalue weighted by atomic mass is 10.1. The van der Waals surface area contributed by atoms with Crippen molar-refractivity contribution >= 4 is 0 Å². The fourth-order valence-electron chi connectivity index (χ4n) is 1.97. The standard InChI is InChI=1S/C11H14FNO6/c1-18-6-2-8(15)13(3-5(6)12)11-10(17)9(16)7(4-14)19-11/h2-3,7,9-11,14,16-17H,4H2,1H3/t7-,9-,10-,11-/m1/s1. The van der Waals surface area contributed by atoms with Crippen LogP contribution in [0.3, 0.4) is 0 Å². The zero-order valence-electron chi connectivity index (χ0n) is 10.1. The number of hydrogen-bond donors (Lipinski definition) is 3. The second kappa shape index (κ2) is 5.25. The van der Waals surface area contributed by atoms with E-state index in [0.717, 1.165) is 16.8 Å². The summed E-state index contributed by atoms with van der Waals surface area (Å²) < 4.78 is 24.1. The third-order valence-electron chi connectivity index (χ3n) is 3.01. The number of aromatic nitrogens is 1. The summed E-state index contributed by atoms with van der Waals surface area (Å²) in [6, 6.07) is 0.907. The summed E-state index contributed by atoms with van der Waals surface area (Å²) in [7, 11) is 1.22. The average molecular weight is 275 g/mol. The van der Waals surface area contributed by atoms with Gasteiger partial charge in [-0.2, -0.15) is 0 Å². The van der Waals surface area contributed by atoms with Gasteiger partial charge in [0.15, 0.2) is 17.8 Å². The molecule has 0 radical (unpaired) electrons. The summed E-state index contributed by atoms with van der Waals surface area (Å²) >= 11 is 0. The van der Waals surface area contributed by atoms with Crippen molar-refractivity contribution in [1.29, 1.82) is 0 Å². The fraction of sp³-hybridized carbons (Fsp3) is 0.545. The van der Waals surface area contributed by atoms with E-state index in [9.17, 15) is 19.4 Å². The van der Waals surface area contributed by atoms with Gasteiger partial charge < -0.3 is 24.8 Å². The second-order valence-corrected chi connectivity index (χ2v) is 4.16. The molecule has 0 spiro atoms. The zero-order valence-corrected chi connectivity index (χ0v) is 10.1. The number of methoxy groups -OCH3 is 1. The number of aliphatic hydroxyl groups excluding tert-OH is 3. The molecule has 2 rings (SSSR count). The van der Waals surface area contributed by atoms with Crippen LogP contribution in [0, 0.1) is 5.82 Å². The normalized spacial score (nSPS) is 30.6. The van der Waals surface area contributed by atoms with E-state index in [2.05, 4.69) is 4.74 Å². The summed E-state index contributed by atoms with van der Waals surface area (Å²) in [5.41, 5.74) is -0.659. The summed E-state index contributed by atoms with van der Waals surface area (Å²) in [4.78, 5) is 11.8. The van der Waals surface area contributed by atoms with Crippen molar-refractivity contribution in [3.8, 4) is 5.75 Å². The lowest BCUT2D eigenvalue weighted by Crippen LogP contribution is -2.35. The summed E-state index contributed by atoms with van der Waals surface area (Å²) in [5, 5.41) is 28.3. The molecule has 8 heteroatoms. The Labute approximate surface area is 107 Å². The topological polar surface area (TPSA) is 101 Å². The molecule has 0 amide bonds. The number of aliphatic hydroxyl groups is 3. The molecule has 106 valence electrons. The van der Waals surface area contributed by atoms with Crippen LogP contribution in [-0.2, 0) is 4.74 Å². The maximum atomic E-state index is 13.6. The largest absolute Gasteiger partial charge is 0.493 e. The highest BCUT2D eigenvalue weighted by Gasteiger charge is 2.43. The van der Waals surface area contributed by atoms with E-state index in [1.807, 2.05) is 0 Å². The summed E-state index contributed by atoms with van der Waals surface area (Å²) in [6.45, 7) is -0.526. The minimum absolute atomic E-state index is 0.229. The lowest BCUT2D eigenvalue weighted by molar-refractivity contribution is -0.0548.